The minimum absolute atomic E-state index is 0.0301. The summed E-state index contributed by atoms with van der Waals surface area (Å²) in [7, 11) is 0. The number of aryl methyl sites for hydroxylation is 2. The second kappa shape index (κ2) is 4.55. The highest BCUT2D eigenvalue weighted by Gasteiger charge is 2.06. The molecule has 3 heteroatoms. The van der Waals surface area contributed by atoms with E-state index >= 15 is 0 Å². The number of carbonyl (C=O) groups excluding carboxylic acids is 1. The molecular weight excluding hydrogens is 212 g/mol. The summed E-state index contributed by atoms with van der Waals surface area (Å²) in [4.78, 5) is 11.4. The summed E-state index contributed by atoms with van der Waals surface area (Å²) >= 11 is 0. The highest BCUT2D eigenvalue weighted by molar-refractivity contribution is 5.97. The van der Waals surface area contributed by atoms with Gasteiger partial charge < -0.3 is 10.3 Å². The van der Waals surface area contributed by atoms with Gasteiger partial charge in [0.2, 0.25) is 0 Å². The van der Waals surface area contributed by atoms with Crippen LogP contribution in [-0.4, -0.2) is 16.9 Å². The molecule has 0 saturated carbocycles. The molecular formula is C14H16N2O. The number of Topliss-reactive ketones (excluding diaryl/α,β-unsaturated/α-hetero) is 1. The van der Waals surface area contributed by atoms with Crippen molar-refractivity contribution in [2.45, 2.75) is 13.8 Å². The second-order valence-corrected chi connectivity index (χ2v) is 4.13. The van der Waals surface area contributed by atoms with Crippen LogP contribution in [0.1, 0.15) is 21.7 Å². The Balaban J connectivity index is 2.39. The van der Waals surface area contributed by atoms with Gasteiger partial charge in [-0.2, -0.15) is 0 Å². The Morgan fingerprint density at radius 3 is 2.06 bits per heavy atom. The second-order valence-electron chi connectivity index (χ2n) is 4.13. The molecule has 1 aromatic heterocycles. The van der Waals surface area contributed by atoms with Gasteiger partial charge in [-0.05, 0) is 50.2 Å². The first-order valence-electron chi connectivity index (χ1n) is 5.62. The monoisotopic (exact) mass is 228 g/mol. The normalized spacial score (nSPS) is 10.5. The zero-order valence-corrected chi connectivity index (χ0v) is 10.1. The van der Waals surface area contributed by atoms with Gasteiger partial charge in [-0.3, -0.25) is 4.79 Å². The zero-order valence-electron chi connectivity index (χ0n) is 10.1. The van der Waals surface area contributed by atoms with E-state index in [2.05, 4.69) is 30.5 Å². The molecule has 0 amide bonds. The van der Waals surface area contributed by atoms with Gasteiger partial charge in [-0.1, -0.05) is 0 Å². The van der Waals surface area contributed by atoms with Crippen molar-refractivity contribution >= 4 is 5.78 Å². The van der Waals surface area contributed by atoms with Crippen molar-refractivity contribution in [1.82, 2.24) is 4.57 Å². The van der Waals surface area contributed by atoms with E-state index in [-0.39, 0.29) is 12.3 Å². The highest BCUT2D eigenvalue weighted by atomic mass is 16.1. The Hall–Kier alpha value is -1.87. The molecule has 17 heavy (non-hydrogen) atoms. The minimum atomic E-state index is -0.0301. The van der Waals surface area contributed by atoms with Gasteiger partial charge in [0, 0.05) is 22.6 Å². The minimum Gasteiger partial charge on any atom is -0.324 e. The number of nitrogens with two attached hydrogens (primary N) is 1. The molecule has 3 nitrogen and oxygen atoms in total. The largest absolute Gasteiger partial charge is 0.324 e. The van der Waals surface area contributed by atoms with Crippen LogP contribution < -0.4 is 5.73 Å². The number of benzene rings is 1. The highest BCUT2D eigenvalue weighted by Crippen LogP contribution is 2.16. The van der Waals surface area contributed by atoms with Gasteiger partial charge in [0.1, 0.15) is 0 Å². The van der Waals surface area contributed by atoms with E-state index in [4.69, 9.17) is 5.73 Å². The Labute approximate surface area is 101 Å². The molecule has 0 spiro atoms. The predicted octanol–water partition coefficient (Wildman–Crippen LogP) is 2.24. The molecule has 0 atom stereocenters. The molecule has 1 heterocycles. The zero-order chi connectivity index (χ0) is 12.4. The maximum absolute atomic E-state index is 11.4. The standard InChI is InChI=1S/C14H16N2O/c1-10-3-4-11(2)16(10)13-7-5-12(6-8-13)14(17)9-15/h3-8H,9,15H2,1-2H3. The number of hydrogen-bond acceptors (Lipinski definition) is 2. The van der Waals surface area contributed by atoms with Gasteiger partial charge in [-0.25, -0.2) is 0 Å². The van der Waals surface area contributed by atoms with Crippen LogP contribution in [0, 0.1) is 13.8 Å². The molecule has 0 aliphatic carbocycles. The number of nitrogens with zero attached hydrogens (tertiary/aromatic N) is 1. The van der Waals surface area contributed by atoms with Crippen LogP contribution in [0.5, 0.6) is 0 Å². The number of hydrogen-bond donors (Lipinski definition) is 1. The summed E-state index contributed by atoms with van der Waals surface area (Å²) in [6, 6.07) is 11.7. The average Bonchev–Trinajstić information content (AvgIpc) is 2.68. The first kappa shape index (κ1) is 11.6. The lowest BCUT2D eigenvalue weighted by Gasteiger charge is -2.09. The molecule has 88 valence electrons. The van der Waals surface area contributed by atoms with Crippen LogP contribution in [0.2, 0.25) is 0 Å². The van der Waals surface area contributed by atoms with Gasteiger partial charge >= 0.3 is 0 Å². The Kier molecular flexibility index (Phi) is 3.11. The van der Waals surface area contributed by atoms with Crippen LogP contribution in [0.15, 0.2) is 36.4 Å². The summed E-state index contributed by atoms with van der Waals surface area (Å²) in [5.74, 6) is -0.0301. The third-order valence-electron chi connectivity index (χ3n) is 2.90. The van der Waals surface area contributed by atoms with Crippen LogP contribution in [0.25, 0.3) is 5.69 Å². The van der Waals surface area contributed by atoms with Gasteiger partial charge in [0.25, 0.3) is 0 Å². The SMILES string of the molecule is Cc1ccc(C)n1-c1ccc(C(=O)CN)cc1. The number of ketones is 1. The fraction of sp³-hybridized carbons (Fsp3) is 0.214. The van der Waals surface area contributed by atoms with Crippen molar-refractivity contribution in [3.8, 4) is 5.69 Å². The quantitative estimate of drug-likeness (QED) is 0.819. The first-order chi connectivity index (χ1) is 8.13. The molecule has 0 bridgehead atoms. The lowest BCUT2D eigenvalue weighted by Crippen LogP contribution is -2.13. The van der Waals surface area contributed by atoms with Crippen molar-refractivity contribution < 1.29 is 4.79 Å². The number of rotatable bonds is 3. The molecule has 0 radical (unpaired) electrons. The molecule has 1 aromatic carbocycles. The fourth-order valence-corrected chi connectivity index (χ4v) is 1.99. The Morgan fingerprint density at radius 1 is 1.06 bits per heavy atom. The van der Waals surface area contributed by atoms with E-state index < -0.39 is 0 Å². The lowest BCUT2D eigenvalue weighted by molar-refractivity contribution is 0.100. The van der Waals surface area contributed by atoms with Crippen molar-refractivity contribution in [2.75, 3.05) is 6.54 Å². The predicted molar refractivity (Wildman–Crippen MR) is 68.6 cm³/mol. The summed E-state index contributed by atoms with van der Waals surface area (Å²) in [6.07, 6.45) is 0. The van der Waals surface area contributed by atoms with E-state index in [9.17, 15) is 4.79 Å². The van der Waals surface area contributed by atoms with E-state index in [0.29, 0.717) is 5.56 Å². The van der Waals surface area contributed by atoms with Crippen LogP contribution in [0.3, 0.4) is 0 Å². The van der Waals surface area contributed by atoms with E-state index in [1.54, 1.807) is 0 Å². The summed E-state index contributed by atoms with van der Waals surface area (Å²) in [6.45, 7) is 4.18. The van der Waals surface area contributed by atoms with Gasteiger partial charge in [0.05, 0.1) is 6.54 Å². The average molecular weight is 228 g/mol. The Bertz CT molecular complexity index is 518. The van der Waals surface area contributed by atoms with Gasteiger partial charge in [0.15, 0.2) is 5.78 Å². The van der Waals surface area contributed by atoms with Crippen molar-refractivity contribution in [1.29, 1.82) is 0 Å². The van der Waals surface area contributed by atoms with Crippen molar-refractivity contribution in [3.05, 3.63) is 53.3 Å². The van der Waals surface area contributed by atoms with Gasteiger partial charge in [-0.15, -0.1) is 0 Å². The molecule has 0 fully saturated rings. The van der Waals surface area contributed by atoms with Crippen LogP contribution in [-0.2, 0) is 0 Å². The van der Waals surface area contributed by atoms with Crippen LogP contribution >= 0.6 is 0 Å². The van der Waals surface area contributed by atoms with Crippen molar-refractivity contribution in [2.24, 2.45) is 5.73 Å². The molecule has 2 N–H and O–H groups in total. The van der Waals surface area contributed by atoms with Crippen molar-refractivity contribution in [3.63, 3.8) is 0 Å². The maximum atomic E-state index is 11.4. The molecule has 0 aliphatic rings. The summed E-state index contributed by atoms with van der Waals surface area (Å²) < 4.78 is 2.15. The van der Waals surface area contributed by atoms with Crippen LogP contribution in [0.4, 0.5) is 0 Å². The summed E-state index contributed by atoms with van der Waals surface area (Å²) in [5, 5.41) is 0. The topological polar surface area (TPSA) is 48.0 Å². The number of aromatic nitrogens is 1. The smallest absolute Gasteiger partial charge is 0.176 e. The maximum Gasteiger partial charge on any atom is 0.176 e. The number of carbonyl (C=O) groups is 1. The third-order valence-corrected chi connectivity index (χ3v) is 2.90. The van der Waals surface area contributed by atoms with E-state index in [1.165, 1.54) is 11.4 Å². The summed E-state index contributed by atoms with van der Waals surface area (Å²) in [5.41, 5.74) is 9.43. The molecule has 0 aliphatic heterocycles. The Morgan fingerprint density at radius 2 is 1.59 bits per heavy atom. The third kappa shape index (κ3) is 2.15. The van der Waals surface area contributed by atoms with E-state index in [1.807, 2.05) is 24.3 Å². The molecule has 2 rings (SSSR count). The molecule has 0 saturated heterocycles. The first-order valence-corrected chi connectivity index (χ1v) is 5.62. The van der Waals surface area contributed by atoms with E-state index in [0.717, 1.165) is 5.69 Å². The lowest BCUT2D eigenvalue weighted by atomic mass is 10.1. The molecule has 0 unspecified atom stereocenters. The molecule has 2 aromatic rings. The fourth-order valence-electron chi connectivity index (χ4n) is 1.99.